The molecule has 0 fully saturated rings. The van der Waals surface area contributed by atoms with Crippen LogP contribution in [0.3, 0.4) is 0 Å². The third-order valence-corrected chi connectivity index (χ3v) is 6.08. The van der Waals surface area contributed by atoms with E-state index in [2.05, 4.69) is 15.3 Å². The molecule has 166 valence electrons. The number of amides is 2. The van der Waals surface area contributed by atoms with Gasteiger partial charge >= 0.3 is 0 Å². The Labute approximate surface area is 200 Å². The minimum atomic E-state index is -1.23. The van der Waals surface area contributed by atoms with Crippen LogP contribution in [0.2, 0.25) is 5.02 Å². The second kappa shape index (κ2) is 9.05. The largest absolute Gasteiger partial charge is 0.384 e. The second-order valence-corrected chi connectivity index (χ2v) is 8.36. The summed E-state index contributed by atoms with van der Waals surface area (Å²) in [5.41, 5.74) is 12.8. The summed E-state index contributed by atoms with van der Waals surface area (Å²) in [6.45, 7) is 0. The van der Waals surface area contributed by atoms with Crippen molar-refractivity contribution in [3.8, 4) is 11.3 Å². The zero-order chi connectivity index (χ0) is 23.6. The Hall–Kier alpha value is -3.68. The number of nitrogen functional groups attached to an aromatic ring is 1. The van der Waals surface area contributed by atoms with Gasteiger partial charge in [0.15, 0.2) is 0 Å². The average Bonchev–Trinajstić information content (AvgIpc) is 2.81. The lowest BCUT2D eigenvalue weighted by Gasteiger charge is -2.30. The molecule has 2 heterocycles. The van der Waals surface area contributed by atoms with Crippen LogP contribution in [-0.4, -0.2) is 21.8 Å². The molecule has 1 aromatic carbocycles. The van der Waals surface area contributed by atoms with E-state index in [-0.39, 0.29) is 17.0 Å². The standard InChI is InChI=1S/C24H19Cl2N5O2/c25-18-6-5-15(11-17(18)20-3-1-2-10-29-20)31-22(32)16-8-9-24(23(28)33,12-19(16)26)14-4-7-21(27)30-13-14/h1-11,13H,12H2,(H2,27,30)(H2,28,33)(H,31,32). The van der Waals surface area contributed by atoms with E-state index >= 15 is 0 Å². The second-order valence-electron chi connectivity index (χ2n) is 7.50. The summed E-state index contributed by atoms with van der Waals surface area (Å²) in [5, 5.41) is 3.52. The molecule has 0 saturated heterocycles. The normalized spacial score (nSPS) is 17.6. The van der Waals surface area contributed by atoms with Gasteiger partial charge < -0.3 is 16.8 Å². The number of pyridine rings is 2. The summed E-state index contributed by atoms with van der Waals surface area (Å²) in [6, 6.07) is 13.8. The van der Waals surface area contributed by atoms with Gasteiger partial charge in [0.1, 0.15) is 5.82 Å². The van der Waals surface area contributed by atoms with Crippen LogP contribution in [0.4, 0.5) is 11.5 Å². The molecule has 0 saturated carbocycles. The van der Waals surface area contributed by atoms with E-state index in [1.165, 1.54) is 12.3 Å². The van der Waals surface area contributed by atoms with Crippen molar-refractivity contribution in [2.45, 2.75) is 11.8 Å². The van der Waals surface area contributed by atoms with Gasteiger partial charge in [-0.05, 0) is 42.0 Å². The van der Waals surface area contributed by atoms with Crippen LogP contribution in [0, 0.1) is 0 Å². The summed E-state index contributed by atoms with van der Waals surface area (Å²) < 4.78 is 0. The van der Waals surface area contributed by atoms with Gasteiger partial charge in [-0.2, -0.15) is 0 Å². The molecule has 4 rings (SSSR count). The van der Waals surface area contributed by atoms with E-state index in [0.717, 1.165) is 0 Å². The van der Waals surface area contributed by atoms with Crippen molar-refractivity contribution < 1.29 is 9.59 Å². The molecule has 33 heavy (non-hydrogen) atoms. The topological polar surface area (TPSA) is 124 Å². The predicted octanol–water partition coefficient (Wildman–Crippen LogP) is 4.19. The Morgan fingerprint density at radius 1 is 1.06 bits per heavy atom. The van der Waals surface area contributed by atoms with Gasteiger partial charge in [0.05, 0.1) is 21.7 Å². The third kappa shape index (κ3) is 4.46. The zero-order valence-corrected chi connectivity index (χ0v) is 18.8. The SMILES string of the molecule is NC(=O)C1(c2ccc(N)nc2)C=CC(C(=O)Nc2ccc(Cl)c(-c3ccccn3)c2)=C(Cl)C1. The lowest BCUT2D eigenvalue weighted by molar-refractivity contribution is -0.122. The number of allylic oxidation sites excluding steroid dienone is 1. The number of anilines is 2. The molecule has 0 bridgehead atoms. The number of nitrogens with one attached hydrogen (secondary N) is 1. The summed E-state index contributed by atoms with van der Waals surface area (Å²) in [4.78, 5) is 33.7. The first kappa shape index (κ1) is 22.5. The molecular weight excluding hydrogens is 461 g/mol. The highest BCUT2D eigenvalue weighted by Crippen LogP contribution is 2.39. The Morgan fingerprint density at radius 2 is 1.88 bits per heavy atom. The third-order valence-electron chi connectivity index (χ3n) is 5.41. The molecule has 2 amide bonds. The molecule has 0 radical (unpaired) electrons. The average molecular weight is 480 g/mol. The molecule has 9 heteroatoms. The van der Waals surface area contributed by atoms with E-state index < -0.39 is 17.2 Å². The van der Waals surface area contributed by atoms with Crippen molar-refractivity contribution >= 4 is 46.5 Å². The molecule has 2 aromatic heterocycles. The van der Waals surface area contributed by atoms with Crippen molar-refractivity contribution in [3.05, 3.63) is 94.3 Å². The lowest BCUT2D eigenvalue weighted by Crippen LogP contribution is -2.41. The number of benzene rings is 1. The van der Waals surface area contributed by atoms with E-state index in [1.54, 1.807) is 48.7 Å². The van der Waals surface area contributed by atoms with Gasteiger partial charge in [-0.1, -0.05) is 47.5 Å². The number of nitrogens with two attached hydrogens (primary N) is 2. The van der Waals surface area contributed by atoms with Crippen LogP contribution in [0.1, 0.15) is 12.0 Å². The maximum absolute atomic E-state index is 13.0. The van der Waals surface area contributed by atoms with Crippen LogP contribution in [0.15, 0.2) is 83.7 Å². The summed E-state index contributed by atoms with van der Waals surface area (Å²) in [7, 11) is 0. The van der Waals surface area contributed by atoms with Crippen molar-refractivity contribution in [2.75, 3.05) is 11.1 Å². The number of nitrogens with zero attached hydrogens (tertiary/aromatic N) is 2. The van der Waals surface area contributed by atoms with E-state index in [4.69, 9.17) is 34.7 Å². The van der Waals surface area contributed by atoms with Crippen molar-refractivity contribution in [2.24, 2.45) is 5.73 Å². The van der Waals surface area contributed by atoms with Crippen LogP contribution in [0.25, 0.3) is 11.3 Å². The molecule has 1 atom stereocenters. The van der Waals surface area contributed by atoms with E-state index in [1.807, 2.05) is 12.1 Å². The van der Waals surface area contributed by atoms with Crippen LogP contribution < -0.4 is 16.8 Å². The molecule has 0 aliphatic heterocycles. The molecule has 0 spiro atoms. The summed E-state index contributed by atoms with van der Waals surface area (Å²) in [6.07, 6.45) is 6.24. The highest BCUT2D eigenvalue weighted by Gasteiger charge is 2.40. The van der Waals surface area contributed by atoms with Crippen LogP contribution in [0.5, 0.6) is 0 Å². The fourth-order valence-corrected chi connectivity index (χ4v) is 4.19. The Bertz CT molecular complexity index is 1290. The smallest absolute Gasteiger partial charge is 0.256 e. The summed E-state index contributed by atoms with van der Waals surface area (Å²) in [5.74, 6) is -0.729. The summed E-state index contributed by atoms with van der Waals surface area (Å²) >= 11 is 12.8. The Balaban J connectivity index is 1.60. The minimum absolute atomic E-state index is 0.0224. The Morgan fingerprint density at radius 3 is 2.52 bits per heavy atom. The molecule has 1 aliphatic carbocycles. The highest BCUT2D eigenvalue weighted by atomic mass is 35.5. The number of hydrogen-bond donors (Lipinski definition) is 3. The monoisotopic (exact) mass is 479 g/mol. The molecule has 5 N–H and O–H groups in total. The first-order valence-corrected chi connectivity index (χ1v) is 10.7. The van der Waals surface area contributed by atoms with Crippen molar-refractivity contribution in [1.82, 2.24) is 9.97 Å². The van der Waals surface area contributed by atoms with Crippen molar-refractivity contribution in [1.29, 1.82) is 0 Å². The number of aromatic nitrogens is 2. The lowest BCUT2D eigenvalue weighted by atomic mass is 9.74. The first-order valence-electron chi connectivity index (χ1n) is 9.92. The van der Waals surface area contributed by atoms with Gasteiger partial charge in [0.25, 0.3) is 5.91 Å². The quantitative estimate of drug-likeness (QED) is 0.505. The minimum Gasteiger partial charge on any atom is -0.384 e. The molecule has 7 nitrogen and oxygen atoms in total. The van der Waals surface area contributed by atoms with Crippen LogP contribution >= 0.6 is 23.2 Å². The number of carbonyl (C=O) groups is 2. The number of rotatable bonds is 5. The van der Waals surface area contributed by atoms with E-state index in [0.29, 0.717) is 33.3 Å². The first-order chi connectivity index (χ1) is 15.8. The molecule has 3 aromatic rings. The van der Waals surface area contributed by atoms with E-state index in [9.17, 15) is 9.59 Å². The number of carbonyl (C=O) groups excluding carboxylic acids is 2. The van der Waals surface area contributed by atoms with Crippen molar-refractivity contribution in [3.63, 3.8) is 0 Å². The van der Waals surface area contributed by atoms with Gasteiger partial charge in [0.2, 0.25) is 5.91 Å². The van der Waals surface area contributed by atoms with Gasteiger partial charge in [-0.3, -0.25) is 14.6 Å². The van der Waals surface area contributed by atoms with Gasteiger partial charge in [-0.15, -0.1) is 0 Å². The highest BCUT2D eigenvalue weighted by molar-refractivity contribution is 6.34. The molecule has 1 aliphatic rings. The number of primary amides is 1. The fourth-order valence-electron chi connectivity index (χ4n) is 3.61. The maximum atomic E-state index is 13.0. The van der Waals surface area contributed by atoms with Gasteiger partial charge in [0, 0.05) is 35.1 Å². The Kier molecular flexibility index (Phi) is 6.18. The number of halogens is 2. The van der Waals surface area contributed by atoms with Crippen LogP contribution in [-0.2, 0) is 15.0 Å². The maximum Gasteiger partial charge on any atom is 0.256 e. The molecule has 1 unspecified atom stereocenters. The predicted molar refractivity (Wildman–Crippen MR) is 129 cm³/mol. The number of hydrogen-bond acceptors (Lipinski definition) is 5. The zero-order valence-electron chi connectivity index (χ0n) is 17.3. The van der Waals surface area contributed by atoms with Gasteiger partial charge in [-0.25, -0.2) is 4.98 Å². The fraction of sp³-hybridized carbons (Fsp3) is 0.0833. The molecular formula is C24H19Cl2N5O2.